The van der Waals surface area contributed by atoms with Crippen molar-refractivity contribution < 1.29 is 22.8 Å². The molecule has 0 saturated carbocycles. The minimum Gasteiger partial charge on any atom is -0.369 e. The lowest BCUT2D eigenvalue weighted by atomic mass is 9.93. The van der Waals surface area contributed by atoms with Gasteiger partial charge in [-0.15, -0.1) is 0 Å². The van der Waals surface area contributed by atoms with Crippen LogP contribution in [0, 0.1) is 5.92 Å². The molecular weight excluding hydrogens is 313 g/mol. The summed E-state index contributed by atoms with van der Waals surface area (Å²) in [5, 5.41) is 2.49. The fourth-order valence-corrected chi connectivity index (χ4v) is 2.45. The lowest BCUT2D eigenvalue weighted by molar-refractivity contribution is -0.141. The molecule has 2 atom stereocenters. The van der Waals surface area contributed by atoms with Crippen molar-refractivity contribution in [1.82, 2.24) is 9.88 Å². The average Bonchev–Trinajstić information content (AvgIpc) is 2.47. The summed E-state index contributed by atoms with van der Waals surface area (Å²) in [7, 11) is 0. The Morgan fingerprint density at radius 2 is 2.04 bits per heavy atom. The number of primary amides is 1. The summed E-state index contributed by atoms with van der Waals surface area (Å²) < 4.78 is 37.3. The summed E-state index contributed by atoms with van der Waals surface area (Å²) in [6.45, 7) is 2.03. The maximum Gasteiger partial charge on any atom is 0.433 e. The standard InChI is InChI=1S/C14H17F3N4O2/c1-8-2-3-9(12(18)22)7-21(8)13(23)20-10-4-5-11(19-6-10)14(15,16)17/h4-6,8-9H,2-3,7H2,1H3,(H2,18,22)(H,20,23)/t8-,9-/m0/s1. The molecule has 0 bridgehead atoms. The Hall–Kier alpha value is -2.32. The highest BCUT2D eigenvalue weighted by Crippen LogP contribution is 2.28. The van der Waals surface area contributed by atoms with Gasteiger partial charge in [0.25, 0.3) is 0 Å². The molecule has 0 aliphatic carbocycles. The number of aromatic nitrogens is 1. The zero-order chi connectivity index (χ0) is 17.2. The highest BCUT2D eigenvalue weighted by Gasteiger charge is 2.33. The summed E-state index contributed by atoms with van der Waals surface area (Å²) in [6.07, 6.45) is -2.34. The first-order chi connectivity index (χ1) is 10.7. The first kappa shape index (κ1) is 17.0. The SMILES string of the molecule is C[C@H]1CC[C@H](C(N)=O)CN1C(=O)Nc1ccc(C(F)(F)F)nc1. The average molecular weight is 330 g/mol. The van der Waals surface area contributed by atoms with Gasteiger partial charge in [0.05, 0.1) is 17.8 Å². The Balaban J connectivity index is 2.04. The van der Waals surface area contributed by atoms with Crippen LogP contribution in [-0.4, -0.2) is 34.4 Å². The number of nitrogens with two attached hydrogens (primary N) is 1. The lowest BCUT2D eigenvalue weighted by Gasteiger charge is -2.36. The second-order valence-electron chi connectivity index (χ2n) is 5.54. The predicted octanol–water partition coefficient (Wildman–Crippen LogP) is 2.22. The number of likely N-dealkylation sites (tertiary alicyclic amines) is 1. The molecule has 9 heteroatoms. The molecule has 3 amide bonds. The quantitative estimate of drug-likeness (QED) is 0.871. The van der Waals surface area contributed by atoms with E-state index in [1.165, 1.54) is 4.90 Å². The van der Waals surface area contributed by atoms with Gasteiger partial charge in [-0.2, -0.15) is 13.2 Å². The third-order valence-electron chi connectivity index (χ3n) is 3.85. The number of carbonyl (C=O) groups is 2. The fourth-order valence-electron chi connectivity index (χ4n) is 2.45. The molecule has 23 heavy (non-hydrogen) atoms. The molecule has 6 nitrogen and oxygen atoms in total. The molecule has 0 spiro atoms. The van der Waals surface area contributed by atoms with Crippen LogP contribution in [0.3, 0.4) is 0 Å². The molecule has 1 fully saturated rings. The van der Waals surface area contributed by atoms with Crippen molar-refractivity contribution in [3.8, 4) is 0 Å². The van der Waals surface area contributed by atoms with Crippen molar-refractivity contribution >= 4 is 17.6 Å². The Morgan fingerprint density at radius 1 is 1.35 bits per heavy atom. The van der Waals surface area contributed by atoms with Crippen LogP contribution in [0.2, 0.25) is 0 Å². The first-order valence-corrected chi connectivity index (χ1v) is 7.08. The van der Waals surface area contributed by atoms with E-state index in [0.29, 0.717) is 12.8 Å². The van der Waals surface area contributed by atoms with E-state index in [0.717, 1.165) is 18.3 Å². The number of hydrogen-bond acceptors (Lipinski definition) is 3. The second kappa shape index (κ2) is 6.43. The number of carbonyl (C=O) groups excluding carboxylic acids is 2. The molecule has 1 aliphatic heterocycles. The van der Waals surface area contributed by atoms with Gasteiger partial charge < -0.3 is 16.0 Å². The molecule has 1 saturated heterocycles. The number of amides is 3. The van der Waals surface area contributed by atoms with E-state index in [9.17, 15) is 22.8 Å². The lowest BCUT2D eigenvalue weighted by Crippen LogP contribution is -2.50. The summed E-state index contributed by atoms with van der Waals surface area (Å²) in [5.41, 5.74) is 4.39. The van der Waals surface area contributed by atoms with Crippen LogP contribution in [-0.2, 0) is 11.0 Å². The number of anilines is 1. The number of halogens is 3. The highest BCUT2D eigenvalue weighted by molar-refractivity contribution is 5.90. The van der Waals surface area contributed by atoms with Gasteiger partial charge in [0.1, 0.15) is 5.69 Å². The van der Waals surface area contributed by atoms with Crippen LogP contribution < -0.4 is 11.1 Å². The molecule has 126 valence electrons. The van der Waals surface area contributed by atoms with Crippen LogP contribution in [0.15, 0.2) is 18.3 Å². The minimum absolute atomic E-state index is 0.0898. The predicted molar refractivity (Wildman–Crippen MR) is 76.3 cm³/mol. The van der Waals surface area contributed by atoms with Crippen molar-refractivity contribution in [2.75, 3.05) is 11.9 Å². The van der Waals surface area contributed by atoms with Crippen molar-refractivity contribution in [3.63, 3.8) is 0 Å². The number of pyridine rings is 1. The van der Waals surface area contributed by atoms with E-state index >= 15 is 0 Å². The number of hydrogen-bond donors (Lipinski definition) is 2. The van der Waals surface area contributed by atoms with Crippen LogP contribution in [0.1, 0.15) is 25.5 Å². The summed E-state index contributed by atoms with van der Waals surface area (Å²) >= 11 is 0. The molecular formula is C14H17F3N4O2. The van der Waals surface area contributed by atoms with E-state index in [1.807, 2.05) is 6.92 Å². The maximum atomic E-state index is 12.4. The third-order valence-corrected chi connectivity index (χ3v) is 3.85. The molecule has 0 aromatic carbocycles. The van der Waals surface area contributed by atoms with Crippen LogP contribution in [0.25, 0.3) is 0 Å². The van der Waals surface area contributed by atoms with E-state index in [-0.39, 0.29) is 18.3 Å². The topological polar surface area (TPSA) is 88.3 Å². The van der Waals surface area contributed by atoms with Gasteiger partial charge in [0.15, 0.2) is 0 Å². The van der Waals surface area contributed by atoms with Crippen LogP contribution in [0.5, 0.6) is 0 Å². The minimum atomic E-state index is -4.53. The molecule has 0 unspecified atom stereocenters. The normalized spacial score (nSPS) is 21.8. The molecule has 2 rings (SSSR count). The highest BCUT2D eigenvalue weighted by atomic mass is 19.4. The molecule has 1 aromatic heterocycles. The van der Waals surface area contributed by atoms with Gasteiger partial charge in [-0.25, -0.2) is 9.78 Å². The van der Waals surface area contributed by atoms with Gasteiger partial charge in [0, 0.05) is 12.6 Å². The van der Waals surface area contributed by atoms with Crippen LogP contribution in [0.4, 0.5) is 23.7 Å². The Bertz CT molecular complexity index is 589. The summed E-state index contributed by atoms with van der Waals surface area (Å²) in [5.74, 6) is -0.881. The van der Waals surface area contributed by atoms with Gasteiger partial charge in [0.2, 0.25) is 5.91 Å². The molecule has 2 heterocycles. The zero-order valence-corrected chi connectivity index (χ0v) is 12.4. The Morgan fingerprint density at radius 3 is 2.57 bits per heavy atom. The third kappa shape index (κ3) is 4.11. The number of rotatable bonds is 2. The number of nitrogens with zero attached hydrogens (tertiary/aromatic N) is 2. The van der Waals surface area contributed by atoms with Crippen molar-refractivity contribution in [3.05, 3.63) is 24.0 Å². The monoisotopic (exact) mass is 330 g/mol. The first-order valence-electron chi connectivity index (χ1n) is 7.08. The van der Waals surface area contributed by atoms with Crippen molar-refractivity contribution in [2.45, 2.75) is 32.0 Å². The van der Waals surface area contributed by atoms with E-state index in [2.05, 4.69) is 10.3 Å². The van der Waals surface area contributed by atoms with Crippen LogP contribution >= 0.6 is 0 Å². The molecule has 1 aromatic rings. The maximum absolute atomic E-state index is 12.4. The van der Waals surface area contributed by atoms with E-state index in [4.69, 9.17) is 5.73 Å². The van der Waals surface area contributed by atoms with E-state index < -0.39 is 29.7 Å². The summed E-state index contributed by atoms with van der Waals surface area (Å²) in [4.78, 5) is 28.2. The number of nitrogens with one attached hydrogen (secondary N) is 1. The molecule has 3 N–H and O–H groups in total. The van der Waals surface area contributed by atoms with Gasteiger partial charge in [-0.3, -0.25) is 4.79 Å². The number of alkyl halides is 3. The van der Waals surface area contributed by atoms with E-state index in [1.54, 1.807) is 0 Å². The van der Waals surface area contributed by atoms with Gasteiger partial charge in [-0.05, 0) is 31.9 Å². The Kier molecular flexibility index (Phi) is 4.76. The van der Waals surface area contributed by atoms with Gasteiger partial charge >= 0.3 is 12.2 Å². The van der Waals surface area contributed by atoms with Gasteiger partial charge in [-0.1, -0.05) is 0 Å². The molecule has 1 aliphatic rings. The second-order valence-corrected chi connectivity index (χ2v) is 5.54. The largest absolute Gasteiger partial charge is 0.433 e. The smallest absolute Gasteiger partial charge is 0.369 e. The fraction of sp³-hybridized carbons (Fsp3) is 0.500. The zero-order valence-electron chi connectivity index (χ0n) is 12.4. The molecule has 0 radical (unpaired) electrons. The van der Waals surface area contributed by atoms with Crippen molar-refractivity contribution in [1.29, 1.82) is 0 Å². The Labute approximate surface area is 130 Å². The summed E-state index contributed by atoms with van der Waals surface area (Å²) in [6, 6.07) is 1.34. The number of piperidine rings is 1. The van der Waals surface area contributed by atoms with Crippen molar-refractivity contribution in [2.24, 2.45) is 11.7 Å². The number of urea groups is 1.